The monoisotopic (exact) mass is 269 g/mol. The zero-order valence-corrected chi connectivity index (χ0v) is 13.6. The number of carbonyl (C=O) groups excluding carboxylic acids is 1. The second kappa shape index (κ2) is 6.15. The van der Waals surface area contributed by atoms with Gasteiger partial charge >= 0.3 is 6.09 Å². The van der Waals surface area contributed by atoms with Crippen LogP contribution >= 0.6 is 0 Å². The van der Waals surface area contributed by atoms with Gasteiger partial charge < -0.3 is 9.64 Å². The number of likely N-dealkylation sites (tertiary alicyclic amines) is 1. The summed E-state index contributed by atoms with van der Waals surface area (Å²) in [4.78, 5) is 14.4. The van der Waals surface area contributed by atoms with E-state index in [-0.39, 0.29) is 11.6 Å². The Morgan fingerprint density at radius 3 is 2.47 bits per heavy atom. The summed E-state index contributed by atoms with van der Waals surface area (Å²) in [6.45, 7) is 12.3. The molecule has 0 aromatic carbocycles. The van der Waals surface area contributed by atoms with Gasteiger partial charge in [0, 0.05) is 11.6 Å². The maximum absolute atomic E-state index is 12.4. The third-order valence-electron chi connectivity index (χ3n) is 3.84. The van der Waals surface area contributed by atoms with Gasteiger partial charge in [-0.25, -0.2) is 4.79 Å². The second-order valence-electron chi connectivity index (χ2n) is 7.35. The number of carbonyl (C=O) groups is 1. The van der Waals surface area contributed by atoms with Gasteiger partial charge in [0.05, 0.1) is 0 Å². The fraction of sp³-hybridized carbons (Fsp3) is 0.938. The first-order valence-corrected chi connectivity index (χ1v) is 7.69. The van der Waals surface area contributed by atoms with E-state index in [4.69, 9.17) is 4.74 Å². The van der Waals surface area contributed by atoms with E-state index in [0.717, 1.165) is 19.3 Å². The molecule has 1 amide bonds. The van der Waals surface area contributed by atoms with Crippen LogP contribution in [0.1, 0.15) is 80.1 Å². The predicted octanol–water partition coefficient (Wildman–Crippen LogP) is 4.74. The number of amides is 1. The van der Waals surface area contributed by atoms with Crippen molar-refractivity contribution in [3.8, 4) is 0 Å². The lowest BCUT2D eigenvalue weighted by atomic mass is 10.0. The van der Waals surface area contributed by atoms with Crippen LogP contribution < -0.4 is 0 Å². The van der Waals surface area contributed by atoms with E-state index in [2.05, 4.69) is 20.8 Å². The first kappa shape index (κ1) is 16.3. The molecule has 1 atom stereocenters. The molecule has 0 saturated carbocycles. The molecule has 3 heteroatoms. The maximum Gasteiger partial charge on any atom is 0.410 e. The molecule has 1 saturated heterocycles. The summed E-state index contributed by atoms with van der Waals surface area (Å²) in [5, 5.41) is 0. The molecule has 1 heterocycles. The molecule has 1 unspecified atom stereocenters. The lowest BCUT2D eigenvalue weighted by Gasteiger charge is -2.37. The minimum absolute atomic E-state index is 0.0702. The summed E-state index contributed by atoms with van der Waals surface area (Å²) >= 11 is 0. The third kappa shape index (κ3) is 4.70. The topological polar surface area (TPSA) is 29.5 Å². The summed E-state index contributed by atoms with van der Waals surface area (Å²) in [6.07, 6.45) is 6.82. The normalized spacial score (nSPS) is 22.6. The molecule has 0 spiro atoms. The van der Waals surface area contributed by atoms with Gasteiger partial charge in [-0.1, -0.05) is 26.2 Å². The highest BCUT2D eigenvalue weighted by atomic mass is 16.6. The second-order valence-corrected chi connectivity index (χ2v) is 7.35. The van der Waals surface area contributed by atoms with E-state index in [9.17, 15) is 4.79 Å². The molecule has 0 aliphatic carbocycles. The van der Waals surface area contributed by atoms with Gasteiger partial charge in [0.2, 0.25) is 0 Å². The molecule has 0 N–H and O–H groups in total. The highest BCUT2D eigenvalue weighted by Crippen LogP contribution is 2.36. The van der Waals surface area contributed by atoms with Crippen molar-refractivity contribution in [3.05, 3.63) is 0 Å². The summed E-state index contributed by atoms with van der Waals surface area (Å²) in [5.41, 5.74) is -0.483. The van der Waals surface area contributed by atoms with E-state index in [0.29, 0.717) is 6.04 Å². The molecule has 1 rings (SSSR count). The van der Waals surface area contributed by atoms with Crippen molar-refractivity contribution in [2.75, 3.05) is 0 Å². The lowest BCUT2D eigenvalue weighted by molar-refractivity contribution is 0.00283. The number of ether oxygens (including phenoxy) is 1. The third-order valence-corrected chi connectivity index (χ3v) is 3.84. The van der Waals surface area contributed by atoms with Gasteiger partial charge in [-0.3, -0.25) is 0 Å². The quantitative estimate of drug-likeness (QED) is 0.690. The SMILES string of the molecule is CCCCCC1CCC(C)(C)N1C(=O)OC(C)(C)C. The van der Waals surface area contributed by atoms with Crippen LogP contribution in [0.5, 0.6) is 0 Å². The van der Waals surface area contributed by atoms with Crippen molar-refractivity contribution in [2.45, 2.75) is 97.2 Å². The van der Waals surface area contributed by atoms with Crippen LogP contribution in [-0.4, -0.2) is 28.2 Å². The summed E-state index contributed by atoms with van der Waals surface area (Å²) in [6, 6.07) is 0.358. The first-order chi connectivity index (χ1) is 8.67. The highest BCUT2D eigenvalue weighted by Gasteiger charge is 2.43. The summed E-state index contributed by atoms with van der Waals surface area (Å²) < 4.78 is 5.58. The van der Waals surface area contributed by atoms with Crippen LogP contribution in [0.25, 0.3) is 0 Å². The van der Waals surface area contributed by atoms with E-state index >= 15 is 0 Å². The van der Waals surface area contributed by atoms with Gasteiger partial charge in [0.1, 0.15) is 5.60 Å². The van der Waals surface area contributed by atoms with Crippen LogP contribution in [0.4, 0.5) is 4.79 Å². The number of hydrogen-bond acceptors (Lipinski definition) is 2. The van der Waals surface area contributed by atoms with Crippen LogP contribution in [0.3, 0.4) is 0 Å². The Bertz CT molecular complexity index is 304. The Kier molecular flexibility index (Phi) is 5.28. The number of nitrogens with zero attached hydrogens (tertiary/aromatic N) is 1. The number of unbranched alkanes of at least 4 members (excludes halogenated alkanes) is 2. The molecule has 0 aromatic heterocycles. The van der Waals surface area contributed by atoms with Gasteiger partial charge in [-0.2, -0.15) is 0 Å². The number of hydrogen-bond donors (Lipinski definition) is 0. The molecular formula is C16H31NO2. The molecule has 1 aliphatic rings. The molecule has 19 heavy (non-hydrogen) atoms. The molecular weight excluding hydrogens is 238 g/mol. The Hall–Kier alpha value is -0.730. The highest BCUT2D eigenvalue weighted by molar-refractivity contribution is 5.70. The van der Waals surface area contributed by atoms with E-state index in [1.165, 1.54) is 19.3 Å². The Morgan fingerprint density at radius 1 is 1.32 bits per heavy atom. The lowest BCUT2D eigenvalue weighted by Crippen LogP contribution is -2.49. The van der Waals surface area contributed by atoms with E-state index in [1.54, 1.807) is 0 Å². The minimum atomic E-state index is -0.413. The van der Waals surface area contributed by atoms with E-state index in [1.807, 2.05) is 25.7 Å². The number of rotatable bonds is 4. The zero-order chi connectivity index (χ0) is 14.7. The molecule has 0 aromatic rings. The summed E-state index contributed by atoms with van der Waals surface area (Å²) in [7, 11) is 0. The summed E-state index contributed by atoms with van der Waals surface area (Å²) in [5.74, 6) is 0. The van der Waals surface area contributed by atoms with Gasteiger partial charge in [-0.15, -0.1) is 0 Å². The Balaban J connectivity index is 2.69. The van der Waals surface area contributed by atoms with Crippen molar-refractivity contribution in [3.63, 3.8) is 0 Å². The van der Waals surface area contributed by atoms with Crippen LogP contribution in [0.2, 0.25) is 0 Å². The van der Waals surface area contributed by atoms with Crippen LogP contribution in [0.15, 0.2) is 0 Å². The first-order valence-electron chi connectivity index (χ1n) is 7.69. The largest absolute Gasteiger partial charge is 0.444 e. The Morgan fingerprint density at radius 2 is 1.95 bits per heavy atom. The van der Waals surface area contributed by atoms with Crippen LogP contribution in [0, 0.1) is 0 Å². The fourth-order valence-corrected chi connectivity index (χ4v) is 2.87. The average molecular weight is 269 g/mol. The van der Waals surface area contributed by atoms with Crippen LogP contribution in [-0.2, 0) is 4.74 Å². The zero-order valence-electron chi connectivity index (χ0n) is 13.6. The predicted molar refractivity (Wildman–Crippen MR) is 79.3 cm³/mol. The smallest absolute Gasteiger partial charge is 0.410 e. The standard InChI is InChI=1S/C16H31NO2/c1-7-8-9-10-13-11-12-16(5,6)17(13)14(18)19-15(2,3)4/h13H,7-12H2,1-6H3. The fourth-order valence-electron chi connectivity index (χ4n) is 2.87. The van der Waals surface area contributed by atoms with Gasteiger partial charge in [0.15, 0.2) is 0 Å². The molecule has 1 aliphatic heterocycles. The van der Waals surface area contributed by atoms with Gasteiger partial charge in [-0.05, 0) is 53.9 Å². The molecule has 3 nitrogen and oxygen atoms in total. The molecule has 0 bridgehead atoms. The van der Waals surface area contributed by atoms with E-state index < -0.39 is 5.60 Å². The molecule has 112 valence electrons. The van der Waals surface area contributed by atoms with Crippen molar-refractivity contribution in [2.24, 2.45) is 0 Å². The molecule has 1 fully saturated rings. The van der Waals surface area contributed by atoms with Crippen molar-refractivity contribution in [1.82, 2.24) is 4.90 Å². The van der Waals surface area contributed by atoms with Crippen molar-refractivity contribution in [1.29, 1.82) is 0 Å². The van der Waals surface area contributed by atoms with Gasteiger partial charge in [0.25, 0.3) is 0 Å². The Labute approximate surface area is 118 Å². The molecule has 0 radical (unpaired) electrons. The average Bonchev–Trinajstić information content (AvgIpc) is 2.52. The minimum Gasteiger partial charge on any atom is -0.444 e. The van der Waals surface area contributed by atoms with Crippen molar-refractivity contribution >= 4 is 6.09 Å². The maximum atomic E-state index is 12.4. The van der Waals surface area contributed by atoms with Crippen molar-refractivity contribution < 1.29 is 9.53 Å².